The van der Waals surface area contributed by atoms with Crippen molar-refractivity contribution in [2.75, 3.05) is 0 Å². The molecule has 0 aromatic carbocycles. The third kappa shape index (κ3) is 16.2. The molecule has 0 bridgehead atoms. The van der Waals surface area contributed by atoms with Gasteiger partial charge in [-0.1, -0.05) is 84.5 Å². The minimum atomic E-state index is -4.09. The van der Waals surface area contributed by atoms with Gasteiger partial charge in [0.15, 0.2) is 0 Å². The van der Waals surface area contributed by atoms with Gasteiger partial charge in [0.1, 0.15) is 0 Å². The summed E-state index contributed by atoms with van der Waals surface area (Å²) < 4.78 is 33.2. The third-order valence-electron chi connectivity index (χ3n) is 3.90. The quantitative estimate of drug-likeness (QED) is 0.275. The Kier molecular flexibility index (Phi) is 19.4. The van der Waals surface area contributed by atoms with Gasteiger partial charge >= 0.3 is 51.4 Å². The van der Waals surface area contributed by atoms with Gasteiger partial charge in [0.05, 0.1) is 10.1 Å². The molecule has 0 saturated heterocycles. The smallest absolute Gasteiger partial charge is 0.748 e. The van der Waals surface area contributed by atoms with Crippen molar-refractivity contribution in [1.82, 2.24) is 0 Å². The molecule has 0 rings (SSSR count). The Morgan fingerprint density at radius 3 is 1.52 bits per heavy atom. The minimum absolute atomic E-state index is 0. The monoisotopic (exact) mass is 344 g/mol. The molecule has 0 spiro atoms. The van der Waals surface area contributed by atoms with Gasteiger partial charge in [0.25, 0.3) is 0 Å². The van der Waals surface area contributed by atoms with Crippen LogP contribution in [-0.4, -0.2) is 18.2 Å². The van der Waals surface area contributed by atoms with E-state index in [1.807, 2.05) is 6.92 Å². The maximum Gasteiger partial charge on any atom is 1.00 e. The molecule has 1 atom stereocenters. The van der Waals surface area contributed by atoms with E-state index in [2.05, 4.69) is 6.92 Å². The summed E-state index contributed by atoms with van der Waals surface area (Å²) in [6.07, 6.45) is 14.2. The Labute approximate surface area is 175 Å². The molecule has 0 radical (unpaired) electrons. The maximum atomic E-state index is 11.1. The van der Waals surface area contributed by atoms with Crippen LogP contribution in [-0.2, 0) is 10.1 Å². The first-order valence-corrected chi connectivity index (χ1v) is 9.94. The second kappa shape index (κ2) is 16.4. The van der Waals surface area contributed by atoms with Crippen molar-refractivity contribution in [3.63, 3.8) is 0 Å². The largest absolute Gasteiger partial charge is 1.00 e. The fourth-order valence-electron chi connectivity index (χ4n) is 2.61. The summed E-state index contributed by atoms with van der Waals surface area (Å²) in [6.45, 7) is 4.16. The molecule has 0 amide bonds. The van der Waals surface area contributed by atoms with Gasteiger partial charge in [0, 0.05) is 5.25 Å². The number of unbranched alkanes of at least 4 members (excludes halogenated alkanes) is 9. The van der Waals surface area contributed by atoms with Gasteiger partial charge in [-0.2, -0.15) is 0 Å². The van der Waals surface area contributed by atoms with Gasteiger partial charge < -0.3 is 4.55 Å². The van der Waals surface area contributed by atoms with Crippen LogP contribution in [0, 0.1) is 0 Å². The second-order valence-electron chi connectivity index (χ2n) is 5.87. The SMILES string of the molecule is CCCCCCCCCCCCC(CCC)S(=O)(=O)[O-].[K+]. The van der Waals surface area contributed by atoms with Gasteiger partial charge in [-0.25, -0.2) is 8.42 Å². The average molecular weight is 345 g/mol. The summed E-state index contributed by atoms with van der Waals surface area (Å²) >= 11 is 0. The summed E-state index contributed by atoms with van der Waals surface area (Å²) in [4.78, 5) is 0. The van der Waals surface area contributed by atoms with E-state index in [1.165, 1.54) is 51.4 Å². The Balaban J connectivity index is 0. The molecule has 0 aromatic heterocycles. The number of hydrogen-bond acceptors (Lipinski definition) is 3. The zero-order chi connectivity index (χ0) is 15.3. The van der Waals surface area contributed by atoms with Crippen LogP contribution >= 0.6 is 0 Å². The molecule has 21 heavy (non-hydrogen) atoms. The van der Waals surface area contributed by atoms with Crippen molar-refractivity contribution >= 4 is 10.1 Å². The van der Waals surface area contributed by atoms with E-state index in [0.29, 0.717) is 12.8 Å². The van der Waals surface area contributed by atoms with E-state index in [9.17, 15) is 13.0 Å². The standard InChI is InChI=1S/C16H34O3S.K/c1-3-5-6-7-8-9-10-11-12-13-15-16(14-4-2)20(17,18)19;/h16H,3-15H2,1-2H3,(H,17,18,19);/q;+1/p-1. The van der Waals surface area contributed by atoms with Crippen LogP contribution in [0.3, 0.4) is 0 Å². The van der Waals surface area contributed by atoms with Crippen LogP contribution in [0.5, 0.6) is 0 Å². The zero-order valence-electron chi connectivity index (χ0n) is 14.4. The maximum absolute atomic E-state index is 11.1. The van der Waals surface area contributed by atoms with E-state index in [4.69, 9.17) is 0 Å². The molecule has 0 aliphatic rings. The van der Waals surface area contributed by atoms with Crippen LogP contribution in [0.1, 0.15) is 97.3 Å². The van der Waals surface area contributed by atoms with E-state index in [-0.39, 0.29) is 51.4 Å². The van der Waals surface area contributed by atoms with E-state index >= 15 is 0 Å². The first-order chi connectivity index (χ1) is 9.52. The molecular weight excluding hydrogens is 311 g/mol. The number of hydrogen-bond donors (Lipinski definition) is 0. The van der Waals surface area contributed by atoms with Crippen molar-refractivity contribution < 1.29 is 64.4 Å². The molecule has 0 aromatic rings. The first-order valence-electron chi connectivity index (χ1n) is 8.47. The fourth-order valence-corrected chi connectivity index (χ4v) is 3.59. The number of rotatable bonds is 14. The van der Waals surface area contributed by atoms with Crippen molar-refractivity contribution in [3.8, 4) is 0 Å². The molecule has 5 heteroatoms. The van der Waals surface area contributed by atoms with Crippen molar-refractivity contribution in [2.45, 2.75) is 103 Å². The first kappa shape index (κ1) is 24.8. The summed E-state index contributed by atoms with van der Waals surface area (Å²) in [6, 6.07) is 0. The predicted molar refractivity (Wildman–Crippen MR) is 84.9 cm³/mol. The van der Waals surface area contributed by atoms with E-state index in [1.54, 1.807) is 0 Å². The van der Waals surface area contributed by atoms with Crippen LogP contribution < -0.4 is 51.4 Å². The Bertz CT molecular complexity index is 305. The van der Waals surface area contributed by atoms with E-state index < -0.39 is 15.4 Å². The molecule has 3 nitrogen and oxygen atoms in total. The van der Waals surface area contributed by atoms with Crippen LogP contribution in [0.2, 0.25) is 0 Å². The zero-order valence-corrected chi connectivity index (χ0v) is 18.3. The Morgan fingerprint density at radius 2 is 1.14 bits per heavy atom. The molecule has 0 N–H and O–H groups in total. The molecule has 0 aliphatic heterocycles. The fraction of sp³-hybridized carbons (Fsp3) is 1.00. The summed E-state index contributed by atoms with van der Waals surface area (Å²) in [5.41, 5.74) is 0. The summed E-state index contributed by atoms with van der Waals surface area (Å²) in [7, 11) is -4.09. The molecule has 0 fully saturated rings. The molecule has 0 aliphatic carbocycles. The molecule has 0 heterocycles. The molecule has 122 valence electrons. The van der Waals surface area contributed by atoms with E-state index in [0.717, 1.165) is 19.3 Å². The topological polar surface area (TPSA) is 57.2 Å². The van der Waals surface area contributed by atoms with Crippen LogP contribution in [0.15, 0.2) is 0 Å². The van der Waals surface area contributed by atoms with Gasteiger partial charge in [-0.15, -0.1) is 0 Å². The summed E-state index contributed by atoms with van der Waals surface area (Å²) in [5.74, 6) is 0. The molecule has 1 unspecified atom stereocenters. The summed E-state index contributed by atoms with van der Waals surface area (Å²) in [5, 5.41) is -0.651. The van der Waals surface area contributed by atoms with Gasteiger partial charge in [0.2, 0.25) is 0 Å². The average Bonchev–Trinajstić information content (AvgIpc) is 2.38. The second-order valence-corrected chi connectivity index (χ2v) is 7.53. The molecular formula is C16H33KO3S. The normalized spacial score (nSPS) is 12.9. The van der Waals surface area contributed by atoms with Gasteiger partial charge in [-0.05, 0) is 12.8 Å². The van der Waals surface area contributed by atoms with Crippen LogP contribution in [0.25, 0.3) is 0 Å². The van der Waals surface area contributed by atoms with Crippen LogP contribution in [0.4, 0.5) is 0 Å². The van der Waals surface area contributed by atoms with Gasteiger partial charge in [-0.3, -0.25) is 0 Å². The van der Waals surface area contributed by atoms with Crippen molar-refractivity contribution in [1.29, 1.82) is 0 Å². The molecule has 0 saturated carbocycles. The third-order valence-corrected chi connectivity index (χ3v) is 5.19. The minimum Gasteiger partial charge on any atom is -0.748 e. The van der Waals surface area contributed by atoms with Crippen molar-refractivity contribution in [2.24, 2.45) is 0 Å². The Morgan fingerprint density at radius 1 is 0.714 bits per heavy atom. The Hall–Kier alpha value is 1.55. The predicted octanol–water partition coefficient (Wildman–Crippen LogP) is 2.02. The van der Waals surface area contributed by atoms with Crippen molar-refractivity contribution in [3.05, 3.63) is 0 Å².